The molecule has 0 aliphatic rings. The summed E-state index contributed by atoms with van der Waals surface area (Å²) in [6.07, 6.45) is 0. The normalized spacial score (nSPS) is 11.7. The molecule has 0 aliphatic carbocycles. The Balaban J connectivity index is 1.18. The molecule has 11 aromatic rings. The van der Waals surface area contributed by atoms with Gasteiger partial charge in [0.25, 0.3) is 0 Å². The van der Waals surface area contributed by atoms with Gasteiger partial charge in [-0.15, -0.1) is 0 Å². The zero-order valence-corrected chi connectivity index (χ0v) is 29.3. The SMILES string of the molecule is c1ccc(-c2cc(-c3ccccc3)nc(-n3c4cc(-c5ccc6c(c5)c5ccccc5n6-c5ccccc5)ccc4c4cc5ccccc5cc43)n2)cc1. The van der Waals surface area contributed by atoms with Crippen molar-refractivity contribution >= 4 is 54.4 Å². The lowest BCUT2D eigenvalue weighted by atomic mass is 10.0. The van der Waals surface area contributed by atoms with Crippen LogP contribution >= 0.6 is 0 Å². The Morgan fingerprint density at radius 1 is 0.296 bits per heavy atom. The molecule has 11 rings (SSSR count). The van der Waals surface area contributed by atoms with Gasteiger partial charge in [0.05, 0.1) is 33.5 Å². The van der Waals surface area contributed by atoms with Crippen LogP contribution in [-0.4, -0.2) is 19.1 Å². The average Bonchev–Trinajstić information content (AvgIpc) is 3.75. The molecule has 0 saturated carbocycles. The fourth-order valence-electron chi connectivity index (χ4n) is 8.15. The Morgan fingerprint density at radius 2 is 0.815 bits per heavy atom. The molecule has 3 aromatic heterocycles. The monoisotopic (exact) mass is 688 g/mol. The van der Waals surface area contributed by atoms with Gasteiger partial charge in [0.2, 0.25) is 5.95 Å². The Kier molecular flexibility index (Phi) is 6.82. The number of aromatic nitrogens is 4. The Labute approximate surface area is 311 Å². The van der Waals surface area contributed by atoms with Crippen LogP contribution in [0.4, 0.5) is 0 Å². The molecule has 0 bridgehead atoms. The van der Waals surface area contributed by atoms with Gasteiger partial charge in [0.1, 0.15) is 0 Å². The third-order valence-corrected chi connectivity index (χ3v) is 10.7. The molecule has 3 heterocycles. The number of para-hydroxylation sites is 2. The highest BCUT2D eigenvalue weighted by molar-refractivity contribution is 6.15. The second-order valence-electron chi connectivity index (χ2n) is 13.9. The lowest BCUT2D eigenvalue weighted by Crippen LogP contribution is -2.04. The molecule has 0 atom stereocenters. The summed E-state index contributed by atoms with van der Waals surface area (Å²) < 4.78 is 4.63. The van der Waals surface area contributed by atoms with Crippen LogP contribution in [0.15, 0.2) is 194 Å². The minimum atomic E-state index is 0.643. The molecule has 0 N–H and O–H groups in total. The molecule has 0 unspecified atom stereocenters. The van der Waals surface area contributed by atoms with E-state index in [-0.39, 0.29) is 0 Å². The first-order chi connectivity index (χ1) is 26.8. The fourth-order valence-corrected chi connectivity index (χ4v) is 8.15. The van der Waals surface area contributed by atoms with E-state index in [1.54, 1.807) is 0 Å². The summed E-state index contributed by atoms with van der Waals surface area (Å²) in [6.45, 7) is 0. The van der Waals surface area contributed by atoms with Gasteiger partial charge < -0.3 is 4.57 Å². The molecule has 0 aliphatic heterocycles. The van der Waals surface area contributed by atoms with E-state index < -0.39 is 0 Å². The quantitative estimate of drug-likeness (QED) is 0.180. The molecule has 4 nitrogen and oxygen atoms in total. The molecule has 0 radical (unpaired) electrons. The van der Waals surface area contributed by atoms with E-state index in [0.29, 0.717) is 5.95 Å². The second-order valence-corrected chi connectivity index (χ2v) is 13.9. The van der Waals surface area contributed by atoms with Crippen LogP contribution < -0.4 is 0 Å². The van der Waals surface area contributed by atoms with Gasteiger partial charge in [-0.3, -0.25) is 4.57 Å². The highest BCUT2D eigenvalue weighted by Gasteiger charge is 2.19. The molecular weight excluding hydrogens is 657 g/mol. The van der Waals surface area contributed by atoms with Crippen LogP contribution in [0.25, 0.3) is 99.7 Å². The number of hydrogen-bond donors (Lipinski definition) is 0. The van der Waals surface area contributed by atoms with Crippen LogP contribution in [0.1, 0.15) is 0 Å². The van der Waals surface area contributed by atoms with Gasteiger partial charge in [0.15, 0.2) is 0 Å². The molecule has 54 heavy (non-hydrogen) atoms. The summed E-state index contributed by atoms with van der Waals surface area (Å²) in [4.78, 5) is 10.6. The van der Waals surface area contributed by atoms with Crippen molar-refractivity contribution < 1.29 is 0 Å². The Hall–Kier alpha value is -7.30. The molecule has 0 spiro atoms. The average molecular weight is 689 g/mol. The van der Waals surface area contributed by atoms with E-state index in [1.807, 2.05) is 12.1 Å². The predicted octanol–water partition coefficient (Wildman–Crippen LogP) is 12.8. The molecular formula is C50H32N4. The highest BCUT2D eigenvalue weighted by atomic mass is 15.2. The van der Waals surface area contributed by atoms with Crippen LogP contribution in [-0.2, 0) is 0 Å². The summed E-state index contributed by atoms with van der Waals surface area (Å²) in [5.41, 5.74) is 11.8. The maximum Gasteiger partial charge on any atom is 0.235 e. The Morgan fingerprint density at radius 3 is 1.54 bits per heavy atom. The lowest BCUT2D eigenvalue weighted by Gasteiger charge is -2.12. The van der Waals surface area contributed by atoms with Crippen molar-refractivity contribution in [2.24, 2.45) is 0 Å². The van der Waals surface area contributed by atoms with Gasteiger partial charge in [-0.2, -0.15) is 0 Å². The third-order valence-electron chi connectivity index (χ3n) is 10.7. The van der Waals surface area contributed by atoms with E-state index >= 15 is 0 Å². The van der Waals surface area contributed by atoms with Crippen molar-refractivity contribution in [3.8, 4) is 45.3 Å². The first-order valence-electron chi connectivity index (χ1n) is 18.3. The number of nitrogens with zero attached hydrogens (tertiary/aromatic N) is 4. The highest BCUT2D eigenvalue weighted by Crippen LogP contribution is 2.39. The molecule has 252 valence electrons. The largest absolute Gasteiger partial charge is 0.309 e. The number of rotatable bonds is 5. The molecule has 0 fully saturated rings. The number of fused-ring (bicyclic) bond motifs is 7. The van der Waals surface area contributed by atoms with Crippen LogP contribution in [0.2, 0.25) is 0 Å². The Bertz CT molecular complexity index is 3140. The minimum absolute atomic E-state index is 0.643. The maximum atomic E-state index is 5.31. The molecule has 0 amide bonds. The lowest BCUT2D eigenvalue weighted by molar-refractivity contribution is 0.996. The van der Waals surface area contributed by atoms with Gasteiger partial charge in [-0.1, -0.05) is 140 Å². The van der Waals surface area contributed by atoms with E-state index in [9.17, 15) is 0 Å². The summed E-state index contributed by atoms with van der Waals surface area (Å²) in [7, 11) is 0. The van der Waals surface area contributed by atoms with E-state index in [1.165, 1.54) is 38.0 Å². The van der Waals surface area contributed by atoms with Crippen molar-refractivity contribution in [1.82, 2.24) is 19.1 Å². The minimum Gasteiger partial charge on any atom is -0.309 e. The molecule has 4 heteroatoms. The number of hydrogen-bond acceptors (Lipinski definition) is 2. The smallest absolute Gasteiger partial charge is 0.235 e. The third kappa shape index (κ3) is 4.85. The van der Waals surface area contributed by atoms with Crippen LogP contribution in [0.3, 0.4) is 0 Å². The zero-order valence-electron chi connectivity index (χ0n) is 29.3. The molecule has 0 saturated heterocycles. The summed E-state index contributed by atoms with van der Waals surface area (Å²) >= 11 is 0. The van der Waals surface area contributed by atoms with E-state index in [4.69, 9.17) is 9.97 Å². The van der Waals surface area contributed by atoms with E-state index in [0.717, 1.165) is 55.7 Å². The topological polar surface area (TPSA) is 35.6 Å². The van der Waals surface area contributed by atoms with Crippen molar-refractivity contribution in [2.75, 3.05) is 0 Å². The van der Waals surface area contributed by atoms with Gasteiger partial charge >= 0.3 is 0 Å². The fraction of sp³-hybridized carbons (Fsp3) is 0. The van der Waals surface area contributed by atoms with Gasteiger partial charge in [-0.25, -0.2) is 9.97 Å². The summed E-state index contributed by atoms with van der Waals surface area (Å²) in [5.74, 6) is 0.643. The number of benzene rings is 8. The van der Waals surface area contributed by atoms with Crippen molar-refractivity contribution in [1.29, 1.82) is 0 Å². The van der Waals surface area contributed by atoms with Gasteiger partial charge in [0, 0.05) is 38.4 Å². The van der Waals surface area contributed by atoms with Crippen molar-refractivity contribution in [3.05, 3.63) is 194 Å². The first-order valence-corrected chi connectivity index (χ1v) is 18.3. The van der Waals surface area contributed by atoms with Crippen LogP contribution in [0, 0.1) is 0 Å². The second kappa shape index (κ2) is 12.1. The predicted molar refractivity (Wildman–Crippen MR) is 225 cm³/mol. The zero-order chi connectivity index (χ0) is 35.6. The maximum absolute atomic E-state index is 5.31. The van der Waals surface area contributed by atoms with Gasteiger partial charge in [-0.05, 0) is 76.5 Å². The first kappa shape index (κ1) is 30.3. The standard InChI is InChI=1S/C50H32N4/c1-4-14-33(15-5-1)44-32-45(34-16-6-2-7-17-34)52-50(51-44)54-48-31-38(24-26-41(48)43-28-35-18-10-11-19-36(35)30-49(43)54)37-25-27-47-42(29-37)40-22-12-13-23-46(40)53(47)39-20-8-3-9-21-39/h1-32H. The summed E-state index contributed by atoms with van der Waals surface area (Å²) in [6, 6.07) is 69.1. The summed E-state index contributed by atoms with van der Waals surface area (Å²) in [5, 5.41) is 7.18. The van der Waals surface area contributed by atoms with Crippen LogP contribution in [0.5, 0.6) is 0 Å². The van der Waals surface area contributed by atoms with Crippen molar-refractivity contribution in [2.45, 2.75) is 0 Å². The van der Waals surface area contributed by atoms with E-state index in [2.05, 4.69) is 191 Å². The molecule has 8 aromatic carbocycles. The van der Waals surface area contributed by atoms with Crippen molar-refractivity contribution in [3.63, 3.8) is 0 Å².